The second kappa shape index (κ2) is 7.92. The molecule has 2 aromatic carbocycles. The molecule has 0 saturated carbocycles. The number of hydrogen-bond donors (Lipinski definition) is 1. The Balaban J connectivity index is 1.50. The Bertz CT molecular complexity index is 1050. The summed E-state index contributed by atoms with van der Waals surface area (Å²) in [5.74, 6) is -1.10. The molecule has 0 bridgehead atoms. The molecule has 148 valence electrons. The normalized spacial score (nSPS) is 16.6. The number of nitrogens with two attached hydrogens (primary N) is 1. The van der Waals surface area contributed by atoms with Gasteiger partial charge in [-0.3, -0.25) is 0 Å². The van der Waals surface area contributed by atoms with Gasteiger partial charge in [-0.25, -0.2) is 13.5 Å². The van der Waals surface area contributed by atoms with Gasteiger partial charge < -0.3 is 10.6 Å². The van der Waals surface area contributed by atoms with Crippen molar-refractivity contribution < 1.29 is 8.78 Å². The summed E-state index contributed by atoms with van der Waals surface area (Å²) in [6.07, 6.45) is 4.59. The van der Waals surface area contributed by atoms with E-state index in [1.54, 1.807) is 11.0 Å². The van der Waals surface area contributed by atoms with Gasteiger partial charge in [-0.15, -0.1) is 0 Å². The van der Waals surface area contributed by atoms with Crippen molar-refractivity contribution in [1.82, 2.24) is 14.7 Å². The van der Waals surface area contributed by atoms with Crippen LogP contribution in [0.3, 0.4) is 0 Å². The van der Waals surface area contributed by atoms with Crippen LogP contribution in [-0.2, 0) is 6.42 Å². The maximum absolute atomic E-state index is 13.4. The van der Waals surface area contributed by atoms with E-state index in [0.717, 1.165) is 42.3 Å². The molecule has 4 rings (SSSR count). The molecule has 0 spiro atoms. The molecular weight excluding hydrogens is 372 g/mol. The number of nitriles is 1. The number of halogens is 2. The van der Waals surface area contributed by atoms with E-state index in [1.807, 2.05) is 35.0 Å². The van der Waals surface area contributed by atoms with Gasteiger partial charge in [0.15, 0.2) is 17.8 Å². The van der Waals surface area contributed by atoms with Crippen molar-refractivity contribution >= 4 is 5.82 Å². The summed E-state index contributed by atoms with van der Waals surface area (Å²) in [7, 11) is 0. The number of aromatic nitrogens is 2. The minimum absolute atomic E-state index is 0.0878. The molecule has 1 unspecified atom stereocenters. The zero-order valence-corrected chi connectivity index (χ0v) is 15.9. The predicted molar refractivity (Wildman–Crippen MR) is 107 cm³/mol. The van der Waals surface area contributed by atoms with E-state index in [2.05, 4.69) is 11.3 Å². The van der Waals surface area contributed by atoms with Crippen LogP contribution in [-0.4, -0.2) is 27.8 Å². The highest BCUT2D eigenvalue weighted by molar-refractivity contribution is 5.62. The van der Waals surface area contributed by atoms with Crippen LogP contribution in [0.4, 0.5) is 14.6 Å². The zero-order valence-electron chi connectivity index (χ0n) is 15.9. The van der Waals surface area contributed by atoms with Crippen molar-refractivity contribution in [3.8, 4) is 17.5 Å². The highest BCUT2D eigenvalue weighted by Crippen LogP contribution is 2.28. The summed E-state index contributed by atoms with van der Waals surface area (Å²) < 4.78 is 28.3. The summed E-state index contributed by atoms with van der Waals surface area (Å²) in [5, 5.41) is 13.8. The van der Waals surface area contributed by atoms with Crippen molar-refractivity contribution in [2.75, 3.05) is 18.8 Å². The lowest BCUT2D eigenvalue weighted by Crippen LogP contribution is -2.34. The lowest BCUT2D eigenvalue weighted by molar-refractivity contribution is 0.235. The lowest BCUT2D eigenvalue weighted by atomic mass is 10.0. The fraction of sp³-hybridized carbons (Fsp3) is 0.273. The molecule has 3 aromatic rings. The molecule has 1 aliphatic rings. The van der Waals surface area contributed by atoms with Gasteiger partial charge in [0, 0.05) is 18.2 Å². The number of likely N-dealkylation sites (tertiary alicyclic amines) is 1. The first-order valence-corrected chi connectivity index (χ1v) is 9.56. The van der Waals surface area contributed by atoms with Crippen LogP contribution < -0.4 is 5.73 Å². The van der Waals surface area contributed by atoms with E-state index in [4.69, 9.17) is 11.0 Å². The van der Waals surface area contributed by atoms with Gasteiger partial charge in [-0.05, 0) is 42.5 Å². The lowest BCUT2D eigenvalue weighted by Gasteiger charge is -2.29. The third-order valence-electron chi connectivity index (χ3n) is 5.29. The number of benzene rings is 2. The number of nitrogen functional groups attached to an aromatic ring is 1. The van der Waals surface area contributed by atoms with Gasteiger partial charge in [0.1, 0.15) is 5.82 Å². The summed E-state index contributed by atoms with van der Waals surface area (Å²) in [4.78, 5) is 1.74. The van der Waals surface area contributed by atoms with Crippen molar-refractivity contribution in [2.45, 2.75) is 25.3 Å². The van der Waals surface area contributed by atoms with Crippen LogP contribution in [0, 0.1) is 23.1 Å². The average Bonchev–Trinajstić information content (AvgIpc) is 3.13. The molecular formula is C22H21F2N5. The van der Waals surface area contributed by atoms with Gasteiger partial charge >= 0.3 is 0 Å². The smallest absolute Gasteiger partial charge is 0.179 e. The van der Waals surface area contributed by atoms with Crippen molar-refractivity contribution in [3.05, 3.63) is 71.3 Å². The number of piperidine rings is 1. The Hall–Kier alpha value is -3.40. The summed E-state index contributed by atoms with van der Waals surface area (Å²) in [6.45, 7) is 1.40. The van der Waals surface area contributed by atoms with E-state index in [-0.39, 0.29) is 6.04 Å². The SMILES string of the molecule is N#CN1CCCC(n2nc(-c3ccc(Cc4ccc(F)c(F)c4)cc3)cc2N)C1. The molecule has 0 radical (unpaired) electrons. The number of anilines is 1. The molecule has 29 heavy (non-hydrogen) atoms. The zero-order chi connectivity index (χ0) is 20.4. The second-order valence-electron chi connectivity index (χ2n) is 7.36. The van der Waals surface area contributed by atoms with E-state index in [1.165, 1.54) is 6.07 Å². The topological polar surface area (TPSA) is 70.9 Å². The van der Waals surface area contributed by atoms with Crippen LogP contribution in [0.25, 0.3) is 11.3 Å². The molecule has 0 amide bonds. The summed E-state index contributed by atoms with van der Waals surface area (Å²) >= 11 is 0. The highest BCUT2D eigenvalue weighted by Gasteiger charge is 2.23. The largest absolute Gasteiger partial charge is 0.384 e. The van der Waals surface area contributed by atoms with Crippen LogP contribution in [0.1, 0.15) is 30.0 Å². The molecule has 5 nitrogen and oxygen atoms in total. The molecule has 1 saturated heterocycles. The fourth-order valence-electron chi connectivity index (χ4n) is 3.77. The number of rotatable bonds is 4. The van der Waals surface area contributed by atoms with Gasteiger partial charge in [-0.1, -0.05) is 30.3 Å². The molecule has 0 aliphatic carbocycles. The first-order chi connectivity index (χ1) is 14.0. The molecule has 1 aromatic heterocycles. The Morgan fingerprint density at radius 1 is 1.07 bits per heavy atom. The van der Waals surface area contributed by atoms with E-state index >= 15 is 0 Å². The van der Waals surface area contributed by atoms with Crippen molar-refractivity contribution in [1.29, 1.82) is 5.26 Å². The van der Waals surface area contributed by atoms with Gasteiger partial charge in [-0.2, -0.15) is 10.4 Å². The van der Waals surface area contributed by atoms with E-state index < -0.39 is 11.6 Å². The fourth-order valence-corrected chi connectivity index (χ4v) is 3.77. The first kappa shape index (κ1) is 18.9. The van der Waals surface area contributed by atoms with E-state index in [9.17, 15) is 8.78 Å². The summed E-state index contributed by atoms with van der Waals surface area (Å²) in [6, 6.07) is 13.7. The molecule has 1 atom stereocenters. The molecule has 2 heterocycles. The van der Waals surface area contributed by atoms with Gasteiger partial charge in [0.25, 0.3) is 0 Å². The first-order valence-electron chi connectivity index (χ1n) is 9.56. The Morgan fingerprint density at radius 2 is 1.83 bits per heavy atom. The summed E-state index contributed by atoms with van der Waals surface area (Å²) in [5.41, 5.74) is 9.59. The Morgan fingerprint density at radius 3 is 2.55 bits per heavy atom. The minimum Gasteiger partial charge on any atom is -0.384 e. The van der Waals surface area contributed by atoms with Crippen molar-refractivity contribution in [2.24, 2.45) is 0 Å². The molecule has 7 heteroatoms. The predicted octanol–water partition coefficient (Wildman–Crippen LogP) is 4.12. The third-order valence-corrected chi connectivity index (χ3v) is 5.29. The monoisotopic (exact) mass is 393 g/mol. The molecule has 1 fully saturated rings. The van der Waals surface area contributed by atoms with Gasteiger partial charge in [0.05, 0.1) is 18.3 Å². The van der Waals surface area contributed by atoms with Crippen LogP contribution in [0.5, 0.6) is 0 Å². The maximum atomic E-state index is 13.4. The van der Waals surface area contributed by atoms with Crippen molar-refractivity contribution in [3.63, 3.8) is 0 Å². The highest BCUT2D eigenvalue weighted by atomic mass is 19.2. The third kappa shape index (κ3) is 4.06. The van der Waals surface area contributed by atoms with Crippen LogP contribution in [0.2, 0.25) is 0 Å². The molecule has 2 N–H and O–H groups in total. The minimum atomic E-state index is -0.840. The number of hydrogen-bond acceptors (Lipinski definition) is 4. The second-order valence-corrected chi connectivity index (χ2v) is 7.36. The number of nitrogens with zero attached hydrogens (tertiary/aromatic N) is 4. The van der Waals surface area contributed by atoms with E-state index in [0.29, 0.717) is 24.3 Å². The maximum Gasteiger partial charge on any atom is 0.179 e. The quantitative estimate of drug-likeness (QED) is 0.677. The van der Waals surface area contributed by atoms with Gasteiger partial charge in [0.2, 0.25) is 0 Å². The molecule has 1 aliphatic heterocycles. The van der Waals surface area contributed by atoms with Crippen LogP contribution in [0.15, 0.2) is 48.5 Å². The Labute approximate surface area is 168 Å². The Kier molecular flexibility index (Phi) is 5.17. The average molecular weight is 393 g/mol. The van der Waals surface area contributed by atoms with Crippen LogP contribution >= 0.6 is 0 Å². The standard InChI is InChI=1S/C22H21F2N5/c23-19-8-5-16(11-20(19)24)10-15-3-6-17(7-4-15)21-12-22(26)29(27-21)18-2-1-9-28(13-18)14-25/h3-8,11-12,18H,1-2,9-10,13,26H2.